The Morgan fingerprint density at radius 2 is 1.15 bits per heavy atom. The van der Waals surface area contributed by atoms with Gasteiger partial charge in [-0.05, 0) is 0 Å². The van der Waals surface area contributed by atoms with Crippen molar-refractivity contribution in [3.05, 3.63) is 151 Å². The molecule has 0 N–H and O–H groups in total. The first-order valence-corrected chi connectivity index (χ1v) is 18.7. The van der Waals surface area contributed by atoms with Gasteiger partial charge in [0.15, 0.2) is 0 Å². The Kier molecular flexibility index (Phi) is 7.63. The van der Waals surface area contributed by atoms with E-state index in [-0.39, 0.29) is 0 Å². The molecule has 0 saturated carbocycles. The van der Waals surface area contributed by atoms with Crippen LogP contribution in [-0.4, -0.2) is 3.21 Å². The molecule has 2 aliphatic rings. The second-order valence-corrected chi connectivity index (χ2v) is 18.5. The molecule has 0 spiro atoms. The first-order chi connectivity index (χ1) is 19.3. The normalized spacial score (nSPS) is 14.6. The third-order valence-corrected chi connectivity index (χ3v) is 16.9. The van der Waals surface area contributed by atoms with E-state index in [0.717, 1.165) is 6.42 Å². The molecule has 0 amide bonds. The summed E-state index contributed by atoms with van der Waals surface area (Å²) in [5, 5.41) is 0. The molecule has 0 heterocycles. The van der Waals surface area contributed by atoms with Crippen LogP contribution in [0.4, 0.5) is 0 Å². The van der Waals surface area contributed by atoms with Gasteiger partial charge in [0.05, 0.1) is 0 Å². The Balaban J connectivity index is 1.73. The van der Waals surface area contributed by atoms with Gasteiger partial charge in [-0.3, -0.25) is 0 Å². The summed E-state index contributed by atoms with van der Waals surface area (Å²) in [6, 6.07) is 37.1. The standard InChI is InChI=1S/C15H13.C13H10.C11H17.Zr/c1-10-3-5-14-12(7-10)9-13-8-11(2)4-6-15(13)14;1-3-7-12(8-4-1)11-13-9-5-2-6-10-13;1-8(2)10-6-5-7-11(10)9(3)4;/h3-9H,1-2H3;1-10H;6,8-9H,7H2,1-4H3;. The summed E-state index contributed by atoms with van der Waals surface area (Å²) in [5.74, 6) is 1.12. The van der Waals surface area contributed by atoms with Crippen molar-refractivity contribution in [2.45, 2.75) is 51.6 Å². The van der Waals surface area contributed by atoms with E-state index < -0.39 is 21.3 Å². The zero-order chi connectivity index (χ0) is 28.0. The van der Waals surface area contributed by atoms with Crippen molar-refractivity contribution in [2.75, 3.05) is 0 Å². The van der Waals surface area contributed by atoms with Crippen LogP contribution in [0, 0.1) is 25.7 Å². The second-order valence-electron chi connectivity index (χ2n) is 12.3. The molecule has 0 fully saturated rings. The SMILES string of the molecule is Cc1ccc2c(c1)[CH]([Zr]([C]1=CC(C(C)C)=C(C(C)C)C1)=[C](c1ccccc1)c1ccccc1)c1cc(C)ccc1-2. The summed E-state index contributed by atoms with van der Waals surface area (Å²) in [7, 11) is 0. The van der Waals surface area contributed by atoms with Crippen LogP contribution in [-0.2, 0) is 21.3 Å². The van der Waals surface area contributed by atoms with Crippen LogP contribution in [0.1, 0.15) is 71.1 Å². The number of rotatable bonds is 6. The van der Waals surface area contributed by atoms with Crippen LogP contribution in [0.15, 0.2) is 118 Å². The van der Waals surface area contributed by atoms with Gasteiger partial charge in [-0.2, -0.15) is 0 Å². The molecule has 0 radical (unpaired) electrons. The fraction of sp³-hybridized carbons (Fsp3) is 0.256. The average molecular weight is 600 g/mol. The third kappa shape index (κ3) is 4.92. The van der Waals surface area contributed by atoms with E-state index >= 15 is 0 Å². The minimum absolute atomic E-state index is 0.453. The summed E-state index contributed by atoms with van der Waals surface area (Å²) in [4.78, 5) is 0. The third-order valence-electron chi connectivity index (χ3n) is 8.76. The molecule has 0 bridgehead atoms. The first kappa shape index (κ1) is 27.3. The topological polar surface area (TPSA) is 0 Å². The van der Waals surface area contributed by atoms with E-state index in [2.05, 4.69) is 145 Å². The van der Waals surface area contributed by atoms with Crippen molar-refractivity contribution < 1.29 is 21.3 Å². The van der Waals surface area contributed by atoms with E-state index in [1.807, 2.05) is 0 Å². The molecule has 0 unspecified atom stereocenters. The molecule has 0 saturated heterocycles. The number of hydrogen-bond acceptors (Lipinski definition) is 0. The number of aryl methyl sites for hydroxylation is 2. The molecule has 1 heteroatoms. The van der Waals surface area contributed by atoms with Crippen molar-refractivity contribution >= 4 is 3.21 Å². The molecule has 0 aliphatic heterocycles. The number of benzene rings is 4. The Hall–Kier alpha value is -2.89. The number of allylic oxidation sites excluding steroid dienone is 4. The van der Waals surface area contributed by atoms with Crippen molar-refractivity contribution in [3.8, 4) is 11.1 Å². The monoisotopic (exact) mass is 598 g/mol. The van der Waals surface area contributed by atoms with Crippen molar-refractivity contribution in [3.63, 3.8) is 0 Å². The Morgan fingerprint density at radius 1 is 0.650 bits per heavy atom. The van der Waals surface area contributed by atoms with Gasteiger partial charge in [0.2, 0.25) is 0 Å². The summed E-state index contributed by atoms with van der Waals surface area (Å²) in [5.41, 5.74) is 14.8. The van der Waals surface area contributed by atoms with Gasteiger partial charge in [0, 0.05) is 0 Å². The minimum atomic E-state index is -2.71. The summed E-state index contributed by atoms with van der Waals surface area (Å²) in [6.45, 7) is 14.1. The molecule has 200 valence electrons. The molecule has 6 rings (SSSR count). The maximum atomic E-state index is 2.68. The molecule has 0 nitrogen and oxygen atoms in total. The number of fused-ring (bicyclic) bond motifs is 3. The van der Waals surface area contributed by atoms with Crippen molar-refractivity contribution in [2.24, 2.45) is 11.8 Å². The molecule has 0 atom stereocenters. The van der Waals surface area contributed by atoms with E-state index in [0.29, 0.717) is 15.5 Å². The summed E-state index contributed by atoms with van der Waals surface area (Å²) < 4.78 is 3.84. The molecular weight excluding hydrogens is 560 g/mol. The van der Waals surface area contributed by atoms with Crippen molar-refractivity contribution in [1.82, 2.24) is 0 Å². The zero-order valence-corrected chi connectivity index (χ0v) is 27.2. The van der Waals surface area contributed by atoms with Crippen LogP contribution in [0.25, 0.3) is 11.1 Å². The second kappa shape index (κ2) is 11.2. The predicted octanol–water partition coefficient (Wildman–Crippen LogP) is 10.2. The molecule has 40 heavy (non-hydrogen) atoms. The van der Waals surface area contributed by atoms with Crippen LogP contribution in [0.3, 0.4) is 0 Å². The first-order valence-electron chi connectivity index (χ1n) is 14.8. The van der Waals surface area contributed by atoms with Crippen LogP contribution >= 0.6 is 0 Å². The van der Waals surface area contributed by atoms with Gasteiger partial charge in [-0.15, -0.1) is 0 Å². The van der Waals surface area contributed by atoms with Crippen molar-refractivity contribution in [1.29, 1.82) is 0 Å². The molecular formula is C39H40Zr. The van der Waals surface area contributed by atoms with E-state index in [1.165, 1.54) is 33.4 Å². The molecule has 4 aromatic carbocycles. The molecule has 0 aromatic heterocycles. The summed E-state index contributed by atoms with van der Waals surface area (Å²) >= 11 is -2.71. The Bertz CT molecular complexity index is 1570. The zero-order valence-electron chi connectivity index (χ0n) is 24.8. The van der Waals surface area contributed by atoms with Gasteiger partial charge >= 0.3 is 250 Å². The van der Waals surface area contributed by atoms with Crippen LogP contribution < -0.4 is 0 Å². The fourth-order valence-corrected chi connectivity index (χ4v) is 16.0. The van der Waals surface area contributed by atoms with Gasteiger partial charge in [0.1, 0.15) is 0 Å². The quantitative estimate of drug-likeness (QED) is 0.207. The van der Waals surface area contributed by atoms with E-state index in [4.69, 9.17) is 0 Å². The van der Waals surface area contributed by atoms with Gasteiger partial charge < -0.3 is 0 Å². The predicted molar refractivity (Wildman–Crippen MR) is 169 cm³/mol. The average Bonchev–Trinajstić information content (AvgIpc) is 3.52. The molecule has 2 aliphatic carbocycles. The van der Waals surface area contributed by atoms with Crippen LogP contribution in [0.2, 0.25) is 0 Å². The van der Waals surface area contributed by atoms with Gasteiger partial charge in [-0.25, -0.2) is 0 Å². The summed E-state index contributed by atoms with van der Waals surface area (Å²) in [6.07, 6.45) is 3.83. The van der Waals surface area contributed by atoms with E-state index in [9.17, 15) is 0 Å². The Morgan fingerprint density at radius 3 is 1.57 bits per heavy atom. The maximum absolute atomic E-state index is 2.71. The van der Waals surface area contributed by atoms with Gasteiger partial charge in [0.25, 0.3) is 0 Å². The molecule has 4 aromatic rings. The fourth-order valence-electron chi connectivity index (χ4n) is 6.88. The Labute approximate surface area is 248 Å². The van der Waals surface area contributed by atoms with Crippen LogP contribution in [0.5, 0.6) is 0 Å². The number of hydrogen-bond donors (Lipinski definition) is 0. The van der Waals surface area contributed by atoms with Gasteiger partial charge in [-0.1, -0.05) is 0 Å². The van der Waals surface area contributed by atoms with E-state index in [1.54, 1.807) is 28.8 Å².